The molecule has 2 rings (SSSR count). The molecule has 0 saturated heterocycles. The molecule has 0 aliphatic rings. The van der Waals surface area contributed by atoms with Gasteiger partial charge in [0.25, 0.3) is 10.0 Å². The third-order valence-corrected chi connectivity index (χ3v) is 6.27. The van der Waals surface area contributed by atoms with E-state index in [9.17, 15) is 17.2 Å². The number of hydrogen-bond donors (Lipinski definition) is 1. The molecule has 0 aliphatic carbocycles. The Kier molecular flexibility index (Phi) is 3.93. The third kappa shape index (κ3) is 2.96. The van der Waals surface area contributed by atoms with Gasteiger partial charge in [0.05, 0.1) is 9.47 Å². The van der Waals surface area contributed by atoms with Gasteiger partial charge in [0, 0.05) is 0 Å². The molecule has 0 bridgehead atoms. The van der Waals surface area contributed by atoms with Crippen molar-refractivity contribution < 1.29 is 17.2 Å². The van der Waals surface area contributed by atoms with Crippen LogP contribution < -0.4 is 4.72 Å². The Bertz CT molecular complexity index is 709. The number of sulfonamides is 1. The number of nitrogens with one attached hydrogen (secondary N) is 1. The van der Waals surface area contributed by atoms with Crippen LogP contribution in [0.4, 0.5) is 14.5 Å². The van der Waals surface area contributed by atoms with Gasteiger partial charge in [-0.05, 0) is 46.6 Å². The fourth-order valence-corrected chi connectivity index (χ4v) is 4.63. The van der Waals surface area contributed by atoms with E-state index in [1.54, 1.807) is 6.92 Å². The quantitative estimate of drug-likeness (QED) is 0.893. The highest BCUT2D eigenvalue weighted by molar-refractivity contribution is 9.11. The van der Waals surface area contributed by atoms with E-state index >= 15 is 0 Å². The van der Waals surface area contributed by atoms with Crippen LogP contribution >= 0.6 is 27.3 Å². The van der Waals surface area contributed by atoms with E-state index in [-0.39, 0.29) is 4.21 Å². The molecule has 0 fully saturated rings. The normalized spacial score (nSPS) is 11.6. The predicted octanol–water partition coefficient (Wildman–Crippen LogP) is 3.90. The van der Waals surface area contributed by atoms with Crippen molar-refractivity contribution in [3.63, 3.8) is 0 Å². The minimum atomic E-state index is -3.92. The van der Waals surface area contributed by atoms with E-state index in [0.717, 1.165) is 29.0 Å². The zero-order valence-corrected chi connectivity index (χ0v) is 12.8. The molecule has 1 heterocycles. The number of benzene rings is 1. The molecule has 0 aliphatic heterocycles. The fourth-order valence-electron chi connectivity index (χ4n) is 1.34. The lowest BCUT2D eigenvalue weighted by atomic mass is 10.3. The van der Waals surface area contributed by atoms with Gasteiger partial charge in [-0.15, -0.1) is 11.3 Å². The van der Waals surface area contributed by atoms with E-state index in [4.69, 9.17) is 0 Å². The fraction of sp³-hybridized carbons (Fsp3) is 0.0909. The second-order valence-corrected chi connectivity index (χ2v) is 8.01. The van der Waals surface area contributed by atoms with Crippen molar-refractivity contribution in [1.29, 1.82) is 0 Å². The van der Waals surface area contributed by atoms with E-state index in [0.29, 0.717) is 3.79 Å². The molecule has 0 amide bonds. The van der Waals surface area contributed by atoms with Crippen molar-refractivity contribution >= 4 is 43.0 Å². The maximum absolute atomic E-state index is 13.4. The summed E-state index contributed by atoms with van der Waals surface area (Å²) in [7, 11) is -3.92. The molecule has 0 spiro atoms. The van der Waals surface area contributed by atoms with Gasteiger partial charge in [0.2, 0.25) is 0 Å². The summed E-state index contributed by atoms with van der Waals surface area (Å²) >= 11 is 4.21. The number of thiophene rings is 1. The molecule has 8 heteroatoms. The van der Waals surface area contributed by atoms with Crippen LogP contribution in [-0.4, -0.2) is 8.42 Å². The number of hydrogen-bond acceptors (Lipinski definition) is 3. The molecule has 1 aromatic heterocycles. The molecule has 102 valence electrons. The number of rotatable bonds is 3. The lowest BCUT2D eigenvalue weighted by Gasteiger charge is -2.07. The minimum absolute atomic E-state index is 0.0283. The lowest BCUT2D eigenvalue weighted by Crippen LogP contribution is -2.13. The summed E-state index contributed by atoms with van der Waals surface area (Å²) in [5.41, 5.74) is 0.340. The summed E-state index contributed by atoms with van der Waals surface area (Å²) in [5, 5.41) is 0. The molecule has 2 aromatic rings. The zero-order valence-electron chi connectivity index (χ0n) is 9.58. The standard InChI is InChI=1S/C11H8BrF2NO2S2/c1-6-5-9(18-11(6)12)19(16,17)15-8-4-2-3-7(13)10(8)14/h2-5,15H,1H3. The second kappa shape index (κ2) is 5.18. The van der Waals surface area contributed by atoms with Gasteiger partial charge in [-0.3, -0.25) is 4.72 Å². The highest BCUT2D eigenvalue weighted by Gasteiger charge is 2.20. The first kappa shape index (κ1) is 14.4. The largest absolute Gasteiger partial charge is 0.276 e. The first-order valence-electron chi connectivity index (χ1n) is 5.04. The van der Waals surface area contributed by atoms with Crippen molar-refractivity contribution in [3.8, 4) is 0 Å². The van der Waals surface area contributed by atoms with Crippen molar-refractivity contribution in [2.45, 2.75) is 11.1 Å². The SMILES string of the molecule is Cc1cc(S(=O)(=O)Nc2cccc(F)c2F)sc1Br. The predicted molar refractivity (Wildman–Crippen MR) is 73.9 cm³/mol. The van der Waals surface area contributed by atoms with E-state index < -0.39 is 27.3 Å². The Balaban J connectivity index is 2.39. The highest BCUT2D eigenvalue weighted by Crippen LogP contribution is 2.32. The monoisotopic (exact) mass is 367 g/mol. The average molecular weight is 368 g/mol. The van der Waals surface area contributed by atoms with Crippen LogP contribution in [0.25, 0.3) is 0 Å². The Morgan fingerprint density at radius 1 is 1.32 bits per heavy atom. The van der Waals surface area contributed by atoms with E-state index in [2.05, 4.69) is 15.9 Å². The van der Waals surface area contributed by atoms with Gasteiger partial charge in [-0.25, -0.2) is 17.2 Å². The van der Waals surface area contributed by atoms with Crippen LogP contribution in [0.5, 0.6) is 0 Å². The van der Waals surface area contributed by atoms with Crippen molar-refractivity contribution in [2.75, 3.05) is 4.72 Å². The topological polar surface area (TPSA) is 46.2 Å². The molecule has 3 nitrogen and oxygen atoms in total. The van der Waals surface area contributed by atoms with E-state index in [1.165, 1.54) is 12.1 Å². The van der Waals surface area contributed by atoms with Crippen LogP contribution in [0.1, 0.15) is 5.56 Å². The molecule has 1 aromatic carbocycles. The van der Waals surface area contributed by atoms with Gasteiger partial charge in [-0.2, -0.15) is 0 Å². The molecule has 1 N–H and O–H groups in total. The van der Waals surface area contributed by atoms with E-state index in [1.807, 2.05) is 4.72 Å². The summed E-state index contributed by atoms with van der Waals surface area (Å²) in [6.45, 7) is 1.74. The zero-order chi connectivity index (χ0) is 14.2. The summed E-state index contributed by atoms with van der Waals surface area (Å²) in [6, 6.07) is 4.75. The number of anilines is 1. The van der Waals surface area contributed by atoms with Crippen LogP contribution in [0.15, 0.2) is 32.3 Å². The molecule has 0 atom stereocenters. The lowest BCUT2D eigenvalue weighted by molar-refractivity contribution is 0.511. The summed E-state index contributed by atoms with van der Waals surface area (Å²) in [5.74, 6) is -2.33. The van der Waals surface area contributed by atoms with Gasteiger partial charge in [-0.1, -0.05) is 6.07 Å². The maximum atomic E-state index is 13.4. The summed E-state index contributed by atoms with van der Waals surface area (Å²) < 4.78 is 53.2. The van der Waals surface area contributed by atoms with Crippen molar-refractivity contribution in [1.82, 2.24) is 0 Å². The second-order valence-electron chi connectivity index (χ2n) is 3.73. The molecular formula is C11H8BrF2NO2S2. The summed E-state index contributed by atoms with van der Waals surface area (Å²) in [4.78, 5) is 0. The van der Waals surface area contributed by atoms with Crippen molar-refractivity contribution in [3.05, 3.63) is 45.2 Å². The van der Waals surface area contributed by atoms with Gasteiger partial charge in [0.15, 0.2) is 11.6 Å². The van der Waals surface area contributed by atoms with Crippen LogP contribution in [0.3, 0.4) is 0 Å². The molecule has 0 saturated carbocycles. The van der Waals surface area contributed by atoms with Gasteiger partial charge < -0.3 is 0 Å². The molecular weight excluding hydrogens is 360 g/mol. The maximum Gasteiger partial charge on any atom is 0.271 e. The third-order valence-electron chi connectivity index (χ3n) is 2.30. The average Bonchev–Trinajstić information content (AvgIpc) is 2.66. The smallest absolute Gasteiger partial charge is 0.271 e. The Morgan fingerprint density at radius 3 is 2.58 bits per heavy atom. The van der Waals surface area contributed by atoms with Crippen LogP contribution in [0, 0.1) is 18.6 Å². The molecule has 0 radical (unpaired) electrons. The number of aryl methyl sites for hydroxylation is 1. The first-order chi connectivity index (χ1) is 8.81. The van der Waals surface area contributed by atoms with Gasteiger partial charge in [0.1, 0.15) is 4.21 Å². The minimum Gasteiger partial charge on any atom is -0.276 e. The highest BCUT2D eigenvalue weighted by atomic mass is 79.9. The molecule has 19 heavy (non-hydrogen) atoms. The van der Waals surface area contributed by atoms with Crippen LogP contribution in [0.2, 0.25) is 0 Å². The van der Waals surface area contributed by atoms with Gasteiger partial charge >= 0.3 is 0 Å². The van der Waals surface area contributed by atoms with Crippen molar-refractivity contribution in [2.24, 2.45) is 0 Å². The Morgan fingerprint density at radius 2 is 2.00 bits per heavy atom. The Labute approximate surface area is 121 Å². The molecule has 0 unspecified atom stereocenters. The first-order valence-corrected chi connectivity index (χ1v) is 8.13. The Hall–Kier alpha value is -0.990. The summed E-state index contributed by atoms with van der Waals surface area (Å²) in [6.07, 6.45) is 0. The van der Waals surface area contributed by atoms with Crippen LogP contribution in [-0.2, 0) is 10.0 Å². The number of halogens is 3.